The quantitative estimate of drug-likeness (QED) is 0.360. The lowest BCUT2D eigenvalue weighted by Gasteiger charge is -2.32. The molecule has 0 saturated heterocycles. The molecule has 23 heavy (non-hydrogen) atoms. The Balaban J connectivity index is 2.01. The SMILES string of the molecule is O=[N+]([O-])c1ccccc1N1c2ccccc2Sc2ccccc21. The number of benzene rings is 3. The minimum Gasteiger partial charge on any atom is -0.302 e. The van der Waals surface area contributed by atoms with Crippen LogP contribution in [0.1, 0.15) is 0 Å². The molecule has 1 aliphatic heterocycles. The largest absolute Gasteiger partial charge is 0.302 e. The van der Waals surface area contributed by atoms with E-state index < -0.39 is 0 Å². The summed E-state index contributed by atoms with van der Waals surface area (Å²) in [5.74, 6) is 0. The van der Waals surface area contributed by atoms with Crippen LogP contribution in [-0.2, 0) is 0 Å². The fraction of sp³-hybridized carbons (Fsp3) is 0. The summed E-state index contributed by atoms with van der Waals surface area (Å²) in [4.78, 5) is 15.3. The van der Waals surface area contributed by atoms with Crippen LogP contribution in [0.3, 0.4) is 0 Å². The van der Waals surface area contributed by atoms with Crippen molar-refractivity contribution in [2.75, 3.05) is 4.90 Å². The summed E-state index contributed by atoms with van der Waals surface area (Å²) in [6.45, 7) is 0. The lowest BCUT2D eigenvalue weighted by atomic mass is 10.1. The zero-order valence-electron chi connectivity index (χ0n) is 12.0. The molecule has 1 heterocycles. The maximum Gasteiger partial charge on any atom is 0.293 e. The smallest absolute Gasteiger partial charge is 0.293 e. The predicted molar refractivity (Wildman–Crippen MR) is 91.9 cm³/mol. The summed E-state index contributed by atoms with van der Waals surface area (Å²) in [6.07, 6.45) is 0. The number of hydrogen-bond acceptors (Lipinski definition) is 4. The van der Waals surface area contributed by atoms with Gasteiger partial charge in [0.25, 0.3) is 5.69 Å². The Kier molecular flexibility index (Phi) is 3.28. The van der Waals surface area contributed by atoms with E-state index in [0.29, 0.717) is 5.69 Å². The van der Waals surface area contributed by atoms with Crippen LogP contribution in [0.25, 0.3) is 0 Å². The molecule has 4 rings (SSSR count). The van der Waals surface area contributed by atoms with Crippen molar-refractivity contribution in [1.29, 1.82) is 0 Å². The molecule has 0 radical (unpaired) electrons. The van der Waals surface area contributed by atoms with E-state index in [2.05, 4.69) is 0 Å². The molecule has 0 amide bonds. The van der Waals surface area contributed by atoms with Gasteiger partial charge in [0, 0.05) is 15.9 Å². The molecular formula is C18H12N2O2S. The number of para-hydroxylation sites is 4. The summed E-state index contributed by atoms with van der Waals surface area (Å²) >= 11 is 1.68. The minimum atomic E-state index is -0.331. The third-order valence-corrected chi connectivity index (χ3v) is 4.88. The van der Waals surface area contributed by atoms with Gasteiger partial charge in [-0.05, 0) is 30.3 Å². The van der Waals surface area contributed by atoms with Crippen LogP contribution < -0.4 is 4.90 Å². The zero-order valence-corrected chi connectivity index (χ0v) is 12.9. The highest BCUT2D eigenvalue weighted by Gasteiger charge is 2.28. The number of anilines is 3. The number of hydrogen-bond donors (Lipinski definition) is 0. The topological polar surface area (TPSA) is 46.4 Å². The maximum absolute atomic E-state index is 11.5. The second-order valence-electron chi connectivity index (χ2n) is 5.12. The van der Waals surface area contributed by atoms with E-state index in [1.165, 1.54) is 0 Å². The van der Waals surface area contributed by atoms with Gasteiger partial charge in [-0.15, -0.1) is 0 Å². The monoisotopic (exact) mass is 320 g/mol. The molecule has 0 aliphatic carbocycles. The third-order valence-electron chi connectivity index (χ3n) is 3.75. The normalized spacial score (nSPS) is 12.4. The summed E-state index contributed by atoms with van der Waals surface area (Å²) in [5.41, 5.74) is 2.61. The van der Waals surface area contributed by atoms with Crippen molar-refractivity contribution in [3.8, 4) is 0 Å². The van der Waals surface area contributed by atoms with E-state index in [4.69, 9.17) is 0 Å². The maximum atomic E-state index is 11.5. The second-order valence-corrected chi connectivity index (χ2v) is 6.20. The van der Waals surface area contributed by atoms with Gasteiger partial charge in [0.15, 0.2) is 0 Å². The van der Waals surface area contributed by atoms with Crippen LogP contribution in [0.2, 0.25) is 0 Å². The predicted octanol–water partition coefficient (Wildman–Crippen LogP) is 5.53. The molecule has 0 N–H and O–H groups in total. The highest BCUT2D eigenvalue weighted by Crippen LogP contribution is 2.52. The number of nitro groups is 1. The summed E-state index contributed by atoms with van der Waals surface area (Å²) in [7, 11) is 0. The number of nitro benzene ring substituents is 1. The molecule has 5 heteroatoms. The molecule has 0 unspecified atom stereocenters. The molecule has 1 aliphatic rings. The van der Waals surface area contributed by atoms with Crippen molar-refractivity contribution in [1.82, 2.24) is 0 Å². The first kappa shape index (κ1) is 13.8. The third kappa shape index (κ3) is 2.26. The molecule has 4 nitrogen and oxygen atoms in total. The van der Waals surface area contributed by atoms with Crippen LogP contribution in [0.5, 0.6) is 0 Å². The molecule has 3 aromatic rings. The van der Waals surface area contributed by atoms with Crippen LogP contribution in [0.15, 0.2) is 82.6 Å². The molecule has 0 atom stereocenters. The molecule has 3 aromatic carbocycles. The molecule has 0 spiro atoms. The van der Waals surface area contributed by atoms with Gasteiger partial charge in [-0.25, -0.2) is 0 Å². The first-order valence-electron chi connectivity index (χ1n) is 7.15. The van der Waals surface area contributed by atoms with Gasteiger partial charge in [0.1, 0.15) is 5.69 Å². The highest BCUT2D eigenvalue weighted by atomic mass is 32.2. The fourth-order valence-corrected chi connectivity index (χ4v) is 3.83. The van der Waals surface area contributed by atoms with Crippen LogP contribution >= 0.6 is 11.8 Å². The average molecular weight is 320 g/mol. The van der Waals surface area contributed by atoms with Gasteiger partial charge in [-0.2, -0.15) is 0 Å². The molecule has 0 fully saturated rings. The van der Waals surface area contributed by atoms with Crippen molar-refractivity contribution in [3.05, 3.63) is 82.9 Å². The van der Waals surface area contributed by atoms with Crippen molar-refractivity contribution >= 4 is 34.5 Å². The zero-order chi connectivity index (χ0) is 15.8. The summed E-state index contributed by atoms with van der Waals surface area (Å²) in [5, 5.41) is 11.5. The molecular weight excluding hydrogens is 308 g/mol. The van der Waals surface area contributed by atoms with Crippen LogP contribution in [0.4, 0.5) is 22.7 Å². The first-order valence-corrected chi connectivity index (χ1v) is 7.97. The standard InChI is InChI=1S/C18H12N2O2S/c21-20(22)14-8-2-1-7-13(14)19-15-9-3-5-11-17(15)23-18-12-6-4-10-16(18)19/h1-12H. The van der Waals surface area contributed by atoms with Gasteiger partial charge in [-0.3, -0.25) is 10.1 Å². The summed E-state index contributed by atoms with van der Waals surface area (Å²) in [6, 6.07) is 22.8. The van der Waals surface area contributed by atoms with E-state index in [-0.39, 0.29) is 10.6 Å². The van der Waals surface area contributed by atoms with Crippen molar-refractivity contribution in [2.45, 2.75) is 9.79 Å². The number of fused-ring (bicyclic) bond motifs is 2. The second kappa shape index (κ2) is 5.44. The van der Waals surface area contributed by atoms with Gasteiger partial charge in [0.05, 0.1) is 16.3 Å². The van der Waals surface area contributed by atoms with Gasteiger partial charge >= 0.3 is 0 Å². The van der Waals surface area contributed by atoms with Crippen LogP contribution in [0, 0.1) is 10.1 Å². The van der Waals surface area contributed by atoms with Crippen molar-refractivity contribution < 1.29 is 4.92 Å². The molecule has 0 aromatic heterocycles. The Morgan fingerprint density at radius 3 is 1.78 bits per heavy atom. The van der Waals surface area contributed by atoms with E-state index in [0.717, 1.165) is 21.2 Å². The van der Waals surface area contributed by atoms with E-state index >= 15 is 0 Å². The fourth-order valence-electron chi connectivity index (χ4n) is 2.77. The average Bonchev–Trinajstić information content (AvgIpc) is 2.59. The van der Waals surface area contributed by atoms with Crippen molar-refractivity contribution in [3.63, 3.8) is 0 Å². The highest BCUT2D eigenvalue weighted by molar-refractivity contribution is 7.99. The number of nitrogens with zero attached hydrogens (tertiary/aromatic N) is 2. The van der Waals surface area contributed by atoms with E-state index in [1.807, 2.05) is 59.5 Å². The van der Waals surface area contributed by atoms with Gasteiger partial charge in [-0.1, -0.05) is 48.2 Å². The minimum absolute atomic E-state index is 0.101. The Labute approximate surface area is 137 Å². The van der Waals surface area contributed by atoms with Gasteiger partial charge in [0.2, 0.25) is 0 Å². The lowest BCUT2D eigenvalue weighted by Crippen LogP contribution is -2.15. The van der Waals surface area contributed by atoms with E-state index in [9.17, 15) is 10.1 Å². The Morgan fingerprint density at radius 1 is 0.739 bits per heavy atom. The molecule has 0 bridgehead atoms. The van der Waals surface area contributed by atoms with E-state index in [1.54, 1.807) is 30.0 Å². The van der Waals surface area contributed by atoms with Crippen LogP contribution in [-0.4, -0.2) is 4.92 Å². The Hall–Kier alpha value is -2.79. The van der Waals surface area contributed by atoms with Crippen molar-refractivity contribution in [2.24, 2.45) is 0 Å². The number of rotatable bonds is 2. The Morgan fingerprint density at radius 2 is 1.22 bits per heavy atom. The first-order chi connectivity index (χ1) is 11.3. The lowest BCUT2D eigenvalue weighted by molar-refractivity contribution is -0.384. The molecule has 112 valence electrons. The Bertz CT molecular complexity index is 865. The summed E-state index contributed by atoms with van der Waals surface area (Å²) < 4.78 is 0. The van der Waals surface area contributed by atoms with Gasteiger partial charge < -0.3 is 4.90 Å². The molecule has 0 saturated carbocycles.